The van der Waals surface area contributed by atoms with Crippen molar-refractivity contribution in [2.24, 2.45) is 5.92 Å². The summed E-state index contributed by atoms with van der Waals surface area (Å²) in [5, 5.41) is 11.6. The highest BCUT2D eigenvalue weighted by Crippen LogP contribution is 2.34. The second-order valence-electron chi connectivity index (χ2n) is 5.22. The number of carboxylic acid groups (broad SMARTS) is 1. The van der Waals surface area contributed by atoms with Crippen molar-refractivity contribution in [1.29, 1.82) is 0 Å². The van der Waals surface area contributed by atoms with Crippen LogP contribution >= 0.6 is 0 Å². The number of carboxylic acids is 1. The Labute approximate surface area is 109 Å². The van der Waals surface area contributed by atoms with Gasteiger partial charge in [0.05, 0.1) is 6.42 Å². The molecule has 2 N–H and O–H groups in total. The largest absolute Gasteiger partial charge is 0.481 e. The Morgan fingerprint density at radius 3 is 2.50 bits per heavy atom. The van der Waals surface area contributed by atoms with Crippen LogP contribution in [0.4, 0.5) is 4.79 Å². The van der Waals surface area contributed by atoms with Crippen molar-refractivity contribution >= 4 is 12.0 Å². The summed E-state index contributed by atoms with van der Waals surface area (Å²) >= 11 is 0. The Bertz CT molecular complexity index is 303. The van der Waals surface area contributed by atoms with Gasteiger partial charge in [-0.2, -0.15) is 0 Å². The summed E-state index contributed by atoms with van der Waals surface area (Å²) in [4.78, 5) is 24.4. The first kappa shape index (κ1) is 14.8. The van der Waals surface area contributed by atoms with E-state index in [1.54, 1.807) is 11.9 Å². The quantitative estimate of drug-likeness (QED) is 0.732. The predicted molar refractivity (Wildman–Crippen MR) is 69.4 cm³/mol. The Morgan fingerprint density at radius 1 is 1.44 bits per heavy atom. The van der Waals surface area contributed by atoms with E-state index in [1.165, 1.54) is 12.8 Å². The molecule has 0 bridgehead atoms. The minimum absolute atomic E-state index is 0.00870. The van der Waals surface area contributed by atoms with Crippen LogP contribution in [0.5, 0.6) is 0 Å². The summed E-state index contributed by atoms with van der Waals surface area (Å²) in [6.45, 7) is 4.03. The molecular formula is C13H24N2O3. The van der Waals surface area contributed by atoms with Crippen molar-refractivity contribution < 1.29 is 14.7 Å². The molecule has 1 aliphatic carbocycles. The van der Waals surface area contributed by atoms with Gasteiger partial charge in [0, 0.05) is 19.1 Å². The molecule has 5 heteroatoms. The Hall–Kier alpha value is -1.26. The molecule has 1 fully saturated rings. The van der Waals surface area contributed by atoms with Gasteiger partial charge in [-0.15, -0.1) is 0 Å². The van der Waals surface area contributed by atoms with Crippen LogP contribution in [0.25, 0.3) is 0 Å². The van der Waals surface area contributed by atoms with Gasteiger partial charge in [-0.1, -0.05) is 13.3 Å². The van der Waals surface area contributed by atoms with Crippen LogP contribution in [0.15, 0.2) is 0 Å². The summed E-state index contributed by atoms with van der Waals surface area (Å²) in [5.41, 5.74) is 0. The van der Waals surface area contributed by atoms with E-state index in [2.05, 4.69) is 5.32 Å². The van der Waals surface area contributed by atoms with E-state index in [0.29, 0.717) is 12.3 Å². The average Bonchev–Trinajstić information content (AvgIpc) is 3.10. The maximum Gasteiger partial charge on any atom is 0.317 e. The van der Waals surface area contributed by atoms with Crippen LogP contribution in [0.1, 0.15) is 46.0 Å². The molecule has 104 valence electrons. The minimum atomic E-state index is -0.869. The number of nitrogens with one attached hydrogen (secondary N) is 1. The fourth-order valence-electron chi connectivity index (χ4n) is 2.14. The summed E-state index contributed by atoms with van der Waals surface area (Å²) in [7, 11) is 1.78. The molecule has 1 rings (SSSR count). The Balaban J connectivity index is 2.45. The van der Waals surface area contributed by atoms with Gasteiger partial charge in [-0.25, -0.2) is 4.79 Å². The summed E-state index contributed by atoms with van der Waals surface area (Å²) < 4.78 is 0. The number of hydrogen-bond acceptors (Lipinski definition) is 2. The van der Waals surface area contributed by atoms with Crippen molar-refractivity contribution in [3.63, 3.8) is 0 Å². The van der Waals surface area contributed by atoms with Gasteiger partial charge in [0.1, 0.15) is 0 Å². The van der Waals surface area contributed by atoms with Crippen LogP contribution in [-0.4, -0.2) is 41.1 Å². The number of amides is 2. The number of hydrogen-bond donors (Lipinski definition) is 2. The van der Waals surface area contributed by atoms with E-state index in [-0.39, 0.29) is 24.5 Å². The maximum absolute atomic E-state index is 12.0. The molecule has 1 saturated carbocycles. The lowest BCUT2D eigenvalue weighted by atomic mass is 10.1. The fourth-order valence-corrected chi connectivity index (χ4v) is 2.14. The second kappa shape index (κ2) is 6.61. The zero-order valence-corrected chi connectivity index (χ0v) is 11.5. The number of aliphatic carboxylic acids is 1. The molecular weight excluding hydrogens is 232 g/mol. The van der Waals surface area contributed by atoms with E-state index in [4.69, 9.17) is 5.11 Å². The number of rotatable bonds is 7. The summed E-state index contributed by atoms with van der Waals surface area (Å²) in [6, 6.07) is -0.194. The normalized spacial score (nSPS) is 17.9. The Morgan fingerprint density at radius 2 is 2.06 bits per heavy atom. The highest BCUT2D eigenvalue weighted by Gasteiger charge is 2.32. The molecule has 0 saturated heterocycles. The molecule has 2 amide bonds. The highest BCUT2D eigenvalue weighted by atomic mass is 16.4. The van der Waals surface area contributed by atoms with Gasteiger partial charge in [-0.3, -0.25) is 4.79 Å². The first-order chi connectivity index (χ1) is 8.45. The number of carbonyl (C=O) groups is 2. The number of carbonyl (C=O) groups excluding carboxylic acids is 1. The van der Waals surface area contributed by atoms with Crippen molar-refractivity contribution in [3.05, 3.63) is 0 Å². The topological polar surface area (TPSA) is 69.6 Å². The molecule has 2 unspecified atom stereocenters. The minimum Gasteiger partial charge on any atom is -0.481 e. The summed E-state index contributed by atoms with van der Waals surface area (Å²) in [5.74, 6) is -0.253. The third-order valence-corrected chi connectivity index (χ3v) is 3.62. The van der Waals surface area contributed by atoms with E-state index in [0.717, 1.165) is 6.42 Å². The number of nitrogens with zero attached hydrogens (tertiary/aromatic N) is 1. The average molecular weight is 256 g/mol. The first-order valence-corrected chi connectivity index (χ1v) is 6.70. The Kier molecular flexibility index (Phi) is 5.44. The van der Waals surface area contributed by atoms with E-state index >= 15 is 0 Å². The lowest BCUT2D eigenvalue weighted by molar-refractivity contribution is -0.137. The van der Waals surface area contributed by atoms with Crippen LogP contribution in [0.3, 0.4) is 0 Å². The van der Waals surface area contributed by atoms with Crippen molar-refractivity contribution in [2.45, 2.75) is 58.0 Å². The number of urea groups is 1. The smallest absolute Gasteiger partial charge is 0.317 e. The molecule has 0 aromatic heterocycles. The van der Waals surface area contributed by atoms with Crippen LogP contribution in [0, 0.1) is 5.92 Å². The van der Waals surface area contributed by atoms with Crippen molar-refractivity contribution in [3.8, 4) is 0 Å². The van der Waals surface area contributed by atoms with E-state index in [1.807, 2.05) is 13.8 Å². The van der Waals surface area contributed by atoms with E-state index in [9.17, 15) is 9.59 Å². The van der Waals surface area contributed by atoms with Gasteiger partial charge in [0.2, 0.25) is 0 Å². The lowest BCUT2D eigenvalue weighted by Gasteiger charge is -2.27. The zero-order chi connectivity index (χ0) is 13.7. The predicted octanol–water partition coefficient (Wildman–Crippen LogP) is 2.07. The third-order valence-electron chi connectivity index (χ3n) is 3.62. The lowest BCUT2D eigenvalue weighted by Crippen LogP contribution is -2.47. The van der Waals surface area contributed by atoms with Gasteiger partial charge >= 0.3 is 12.0 Å². The standard InChI is InChI=1S/C13H24N2O3/c1-4-5-11(8-12(16)17)14-13(18)15(3)9(2)10-6-7-10/h9-11H,4-8H2,1-3H3,(H,14,18)(H,16,17). The zero-order valence-electron chi connectivity index (χ0n) is 11.5. The molecule has 0 aromatic carbocycles. The first-order valence-electron chi connectivity index (χ1n) is 6.70. The highest BCUT2D eigenvalue weighted by molar-refractivity contribution is 5.76. The molecule has 2 atom stereocenters. The molecule has 5 nitrogen and oxygen atoms in total. The van der Waals surface area contributed by atoms with Crippen LogP contribution in [-0.2, 0) is 4.79 Å². The fraction of sp³-hybridized carbons (Fsp3) is 0.846. The van der Waals surface area contributed by atoms with Gasteiger partial charge in [0.25, 0.3) is 0 Å². The molecule has 0 spiro atoms. The van der Waals surface area contributed by atoms with Crippen LogP contribution < -0.4 is 5.32 Å². The molecule has 1 aliphatic rings. The van der Waals surface area contributed by atoms with Crippen LogP contribution in [0.2, 0.25) is 0 Å². The maximum atomic E-state index is 12.0. The molecule has 18 heavy (non-hydrogen) atoms. The second-order valence-corrected chi connectivity index (χ2v) is 5.22. The van der Waals surface area contributed by atoms with E-state index < -0.39 is 5.97 Å². The van der Waals surface area contributed by atoms with Crippen molar-refractivity contribution in [2.75, 3.05) is 7.05 Å². The molecule has 0 heterocycles. The van der Waals surface area contributed by atoms with Crippen molar-refractivity contribution in [1.82, 2.24) is 10.2 Å². The monoisotopic (exact) mass is 256 g/mol. The molecule has 0 aromatic rings. The third kappa shape index (κ3) is 4.55. The van der Waals surface area contributed by atoms with Gasteiger partial charge in [0.15, 0.2) is 0 Å². The van der Waals surface area contributed by atoms with Gasteiger partial charge < -0.3 is 15.3 Å². The molecule has 0 radical (unpaired) electrons. The molecule has 0 aliphatic heterocycles. The summed E-state index contributed by atoms with van der Waals surface area (Å²) in [6.07, 6.45) is 3.92. The SMILES string of the molecule is CCCC(CC(=O)O)NC(=O)N(C)C(C)C1CC1. The van der Waals surface area contributed by atoms with Gasteiger partial charge in [-0.05, 0) is 32.1 Å².